The largest absolute Gasteiger partial charge is 0.443 e. The van der Waals surface area contributed by atoms with Gasteiger partial charge in [0.25, 0.3) is 0 Å². The molecule has 2 aliphatic rings. The number of fused-ring (bicyclic) bond motifs is 3. The summed E-state index contributed by atoms with van der Waals surface area (Å²) in [5, 5.41) is 0. The molecule has 108 valence electrons. The van der Waals surface area contributed by atoms with Crippen LogP contribution in [0.25, 0.3) is 0 Å². The number of ether oxygens (including phenoxy) is 2. The minimum atomic E-state index is -0.476. The zero-order valence-corrected chi connectivity index (χ0v) is 12.4. The molecule has 4 heteroatoms. The van der Waals surface area contributed by atoms with E-state index in [9.17, 15) is 4.79 Å². The van der Waals surface area contributed by atoms with Crippen molar-refractivity contribution in [1.29, 1.82) is 0 Å². The summed E-state index contributed by atoms with van der Waals surface area (Å²) in [4.78, 5) is 14.3. The van der Waals surface area contributed by atoms with E-state index in [1.54, 1.807) is 7.11 Å². The topological polar surface area (TPSA) is 38.8 Å². The van der Waals surface area contributed by atoms with E-state index in [0.717, 1.165) is 5.69 Å². The van der Waals surface area contributed by atoms with Crippen molar-refractivity contribution in [3.8, 4) is 0 Å². The van der Waals surface area contributed by atoms with Gasteiger partial charge >= 0.3 is 6.09 Å². The Balaban J connectivity index is 1.88. The van der Waals surface area contributed by atoms with Crippen molar-refractivity contribution in [2.45, 2.75) is 38.3 Å². The second kappa shape index (κ2) is 4.48. The Morgan fingerprint density at radius 1 is 1.30 bits per heavy atom. The molecule has 1 fully saturated rings. The fourth-order valence-electron chi connectivity index (χ4n) is 3.20. The molecular weight excluding hydrogens is 254 g/mol. The molecule has 0 radical (unpaired) electrons. The van der Waals surface area contributed by atoms with Gasteiger partial charge in [0.2, 0.25) is 0 Å². The summed E-state index contributed by atoms with van der Waals surface area (Å²) in [6.07, 6.45) is -0.254. The summed E-state index contributed by atoms with van der Waals surface area (Å²) < 4.78 is 10.8. The Kier molecular flexibility index (Phi) is 3.01. The zero-order valence-electron chi connectivity index (χ0n) is 12.4. The maximum atomic E-state index is 12.5. The van der Waals surface area contributed by atoms with Crippen LogP contribution in [0.2, 0.25) is 0 Å². The number of carbonyl (C=O) groups is 1. The van der Waals surface area contributed by atoms with Crippen molar-refractivity contribution in [3.05, 3.63) is 29.8 Å². The van der Waals surface area contributed by atoms with Crippen LogP contribution in [0, 0.1) is 5.92 Å². The standard InChI is InChI=1S/C16H21NO3/c1-16(2,3)20-15(18)17-12-8-6-5-7-10(12)13-11(9-19-4)14(13)17/h5-8,11,13-14H,9H2,1-4H3. The quantitative estimate of drug-likeness (QED) is 0.832. The maximum absolute atomic E-state index is 12.5. The zero-order chi connectivity index (χ0) is 14.5. The molecule has 3 rings (SSSR count). The van der Waals surface area contributed by atoms with Gasteiger partial charge in [-0.05, 0) is 32.4 Å². The predicted molar refractivity (Wildman–Crippen MR) is 77.1 cm³/mol. The van der Waals surface area contributed by atoms with Crippen LogP contribution >= 0.6 is 0 Å². The van der Waals surface area contributed by atoms with Crippen LogP contribution < -0.4 is 4.90 Å². The van der Waals surface area contributed by atoms with Gasteiger partial charge in [-0.2, -0.15) is 0 Å². The van der Waals surface area contributed by atoms with Gasteiger partial charge in [0, 0.05) is 18.9 Å². The lowest BCUT2D eigenvalue weighted by atomic mass is 10.1. The summed E-state index contributed by atoms with van der Waals surface area (Å²) in [5.74, 6) is 0.793. The Labute approximate surface area is 119 Å². The highest BCUT2D eigenvalue weighted by molar-refractivity contribution is 5.94. The fourth-order valence-corrected chi connectivity index (χ4v) is 3.20. The Bertz CT molecular complexity index is 535. The highest BCUT2D eigenvalue weighted by Crippen LogP contribution is 2.60. The van der Waals surface area contributed by atoms with Crippen LogP contribution in [-0.2, 0) is 9.47 Å². The van der Waals surface area contributed by atoms with Gasteiger partial charge < -0.3 is 9.47 Å². The predicted octanol–water partition coefficient (Wildman–Crippen LogP) is 3.17. The number of nitrogens with zero attached hydrogens (tertiary/aromatic N) is 1. The summed E-state index contributed by atoms with van der Waals surface area (Å²) in [6.45, 7) is 6.36. The third-order valence-electron chi connectivity index (χ3n) is 3.93. The second-order valence-corrected chi connectivity index (χ2v) is 6.54. The van der Waals surface area contributed by atoms with E-state index < -0.39 is 5.60 Å². The monoisotopic (exact) mass is 275 g/mol. The lowest BCUT2D eigenvalue weighted by Gasteiger charge is -2.27. The number of rotatable bonds is 2. The molecule has 0 aromatic heterocycles. The van der Waals surface area contributed by atoms with Crippen LogP contribution in [0.5, 0.6) is 0 Å². The maximum Gasteiger partial charge on any atom is 0.415 e. The summed E-state index contributed by atoms with van der Waals surface area (Å²) >= 11 is 0. The minimum absolute atomic E-state index is 0.196. The van der Waals surface area contributed by atoms with Gasteiger partial charge in [0.15, 0.2) is 0 Å². The first-order chi connectivity index (χ1) is 9.44. The summed E-state index contributed by atoms with van der Waals surface area (Å²) in [5.41, 5.74) is 1.75. The smallest absolute Gasteiger partial charge is 0.415 e. The number of hydrogen-bond donors (Lipinski definition) is 0. The molecule has 0 saturated heterocycles. The number of para-hydroxylation sites is 1. The molecule has 3 unspecified atom stereocenters. The third kappa shape index (κ3) is 2.08. The Hall–Kier alpha value is -1.55. The molecule has 1 heterocycles. The highest BCUT2D eigenvalue weighted by atomic mass is 16.6. The van der Waals surface area contributed by atoms with E-state index in [4.69, 9.17) is 9.47 Å². The van der Waals surface area contributed by atoms with Crippen LogP contribution in [0.4, 0.5) is 10.5 Å². The molecule has 3 atom stereocenters. The SMILES string of the molecule is COCC1C2c3ccccc3N(C(=O)OC(C)(C)C)C12. The lowest BCUT2D eigenvalue weighted by molar-refractivity contribution is 0.0575. The van der Waals surface area contributed by atoms with Crippen LogP contribution in [0.1, 0.15) is 32.3 Å². The number of hydrogen-bond acceptors (Lipinski definition) is 3. The molecule has 1 saturated carbocycles. The van der Waals surface area contributed by atoms with E-state index in [-0.39, 0.29) is 12.1 Å². The van der Waals surface area contributed by atoms with Gasteiger partial charge in [0.05, 0.1) is 18.3 Å². The molecule has 4 nitrogen and oxygen atoms in total. The normalized spacial score (nSPS) is 27.0. The van der Waals surface area contributed by atoms with Gasteiger partial charge in [0.1, 0.15) is 5.60 Å². The summed E-state index contributed by atoms with van der Waals surface area (Å²) in [6, 6.07) is 8.29. The number of amides is 1. The van der Waals surface area contributed by atoms with Crippen LogP contribution in [-0.4, -0.2) is 31.5 Å². The van der Waals surface area contributed by atoms with Crippen molar-refractivity contribution < 1.29 is 14.3 Å². The van der Waals surface area contributed by atoms with E-state index in [1.807, 2.05) is 43.9 Å². The third-order valence-corrected chi connectivity index (χ3v) is 3.93. The number of carbonyl (C=O) groups excluding carboxylic acids is 1. The molecule has 1 amide bonds. The van der Waals surface area contributed by atoms with E-state index in [1.165, 1.54) is 5.56 Å². The second-order valence-electron chi connectivity index (χ2n) is 6.54. The Morgan fingerprint density at radius 3 is 2.65 bits per heavy atom. The molecule has 1 aromatic rings. The van der Waals surface area contributed by atoms with Crippen molar-refractivity contribution in [2.75, 3.05) is 18.6 Å². The van der Waals surface area contributed by atoms with Crippen LogP contribution in [0.15, 0.2) is 24.3 Å². The van der Waals surface area contributed by atoms with Gasteiger partial charge in [-0.1, -0.05) is 18.2 Å². The number of anilines is 1. The van der Waals surface area contributed by atoms with E-state index in [2.05, 4.69) is 6.07 Å². The van der Waals surface area contributed by atoms with E-state index >= 15 is 0 Å². The minimum Gasteiger partial charge on any atom is -0.443 e. The van der Waals surface area contributed by atoms with Gasteiger partial charge in [-0.15, -0.1) is 0 Å². The Morgan fingerprint density at radius 2 is 2.00 bits per heavy atom. The molecule has 1 aromatic carbocycles. The fraction of sp³-hybridized carbons (Fsp3) is 0.562. The average molecular weight is 275 g/mol. The molecule has 0 N–H and O–H groups in total. The first-order valence-electron chi connectivity index (χ1n) is 7.04. The summed E-state index contributed by atoms with van der Waals surface area (Å²) in [7, 11) is 1.71. The molecule has 20 heavy (non-hydrogen) atoms. The molecule has 1 aliphatic heterocycles. The number of methoxy groups -OCH3 is 1. The molecular formula is C16H21NO3. The molecule has 1 aliphatic carbocycles. The highest BCUT2D eigenvalue weighted by Gasteiger charge is 2.62. The number of benzene rings is 1. The van der Waals surface area contributed by atoms with Crippen molar-refractivity contribution in [2.24, 2.45) is 5.92 Å². The van der Waals surface area contributed by atoms with Crippen molar-refractivity contribution in [3.63, 3.8) is 0 Å². The van der Waals surface area contributed by atoms with E-state index in [0.29, 0.717) is 18.4 Å². The average Bonchev–Trinajstić information content (AvgIpc) is 2.92. The molecule has 0 bridgehead atoms. The van der Waals surface area contributed by atoms with Gasteiger partial charge in [-0.25, -0.2) is 4.79 Å². The first kappa shape index (κ1) is 13.4. The van der Waals surface area contributed by atoms with Gasteiger partial charge in [-0.3, -0.25) is 4.90 Å². The molecule has 0 spiro atoms. The lowest BCUT2D eigenvalue weighted by Crippen LogP contribution is -2.38. The van der Waals surface area contributed by atoms with Crippen LogP contribution in [0.3, 0.4) is 0 Å². The van der Waals surface area contributed by atoms with Crippen molar-refractivity contribution >= 4 is 11.8 Å². The van der Waals surface area contributed by atoms with Crippen molar-refractivity contribution in [1.82, 2.24) is 0 Å². The first-order valence-corrected chi connectivity index (χ1v) is 7.04.